The van der Waals surface area contributed by atoms with E-state index in [1.807, 2.05) is 0 Å². The number of carbonyl (C=O) groups excluding carboxylic acids is 1. The zero-order valence-corrected chi connectivity index (χ0v) is 11.0. The Kier molecular flexibility index (Phi) is 4.84. The number of amides is 1. The van der Waals surface area contributed by atoms with Gasteiger partial charge in [-0.2, -0.15) is 0 Å². The van der Waals surface area contributed by atoms with E-state index in [1.54, 1.807) is 0 Å². The van der Waals surface area contributed by atoms with Crippen LogP contribution < -0.4 is 10.6 Å². The first-order chi connectivity index (χ1) is 8.25. The van der Waals surface area contributed by atoms with E-state index < -0.39 is 0 Å². The van der Waals surface area contributed by atoms with Crippen LogP contribution in [0.4, 0.5) is 0 Å². The fraction of sp³-hybridized carbons (Fsp3) is 0.929. The zero-order valence-electron chi connectivity index (χ0n) is 11.0. The summed E-state index contributed by atoms with van der Waals surface area (Å²) in [5.41, 5.74) is 0. The van der Waals surface area contributed by atoms with Crippen molar-refractivity contribution in [3.8, 4) is 0 Å². The van der Waals surface area contributed by atoms with E-state index in [1.165, 1.54) is 38.5 Å². The van der Waals surface area contributed by atoms with E-state index in [2.05, 4.69) is 17.6 Å². The molecule has 0 radical (unpaired) electrons. The van der Waals surface area contributed by atoms with E-state index in [-0.39, 0.29) is 5.91 Å². The molecule has 0 aliphatic heterocycles. The van der Waals surface area contributed by atoms with Crippen LogP contribution in [0.3, 0.4) is 0 Å². The van der Waals surface area contributed by atoms with Crippen LogP contribution in [0.2, 0.25) is 0 Å². The fourth-order valence-electron chi connectivity index (χ4n) is 2.72. The van der Waals surface area contributed by atoms with Crippen molar-refractivity contribution in [3.05, 3.63) is 0 Å². The number of carbonyl (C=O) groups is 1. The molecule has 2 fully saturated rings. The van der Waals surface area contributed by atoms with Gasteiger partial charge < -0.3 is 10.6 Å². The number of nitrogens with one attached hydrogen (secondary N) is 2. The lowest BCUT2D eigenvalue weighted by Crippen LogP contribution is -2.39. The Hall–Kier alpha value is -0.570. The van der Waals surface area contributed by atoms with Gasteiger partial charge in [-0.15, -0.1) is 0 Å². The molecule has 0 aromatic heterocycles. The van der Waals surface area contributed by atoms with E-state index in [4.69, 9.17) is 0 Å². The van der Waals surface area contributed by atoms with Gasteiger partial charge in [-0.05, 0) is 43.6 Å². The Morgan fingerprint density at radius 2 is 1.88 bits per heavy atom. The van der Waals surface area contributed by atoms with Crippen LogP contribution in [0.5, 0.6) is 0 Å². The molecule has 0 spiro atoms. The Labute approximate surface area is 105 Å². The topological polar surface area (TPSA) is 41.1 Å². The molecule has 98 valence electrons. The second-order valence-corrected chi connectivity index (χ2v) is 5.90. The summed E-state index contributed by atoms with van der Waals surface area (Å²) in [6.45, 7) is 4.72. The molecular formula is C14H26N2O. The molecule has 3 heteroatoms. The summed E-state index contributed by atoms with van der Waals surface area (Å²) in [5, 5.41) is 6.31. The molecule has 0 aromatic carbocycles. The molecule has 17 heavy (non-hydrogen) atoms. The maximum Gasteiger partial charge on any atom is 0.233 e. The van der Waals surface area contributed by atoms with Gasteiger partial charge in [-0.3, -0.25) is 4.79 Å². The second kappa shape index (κ2) is 6.39. The smallest absolute Gasteiger partial charge is 0.233 e. The highest BCUT2D eigenvalue weighted by Crippen LogP contribution is 2.29. The largest absolute Gasteiger partial charge is 0.355 e. The SMILES string of the molecule is CC1CCCCC1CNC(=O)CNCC1CC1. The lowest BCUT2D eigenvalue weighted by Gasteiger charge is -2.28. The van der Waals surface area contributed by atoms with Crippen LogP contribution >= 0.6 is 0 Å². The quantitative estimate of drug-likeness (QED) is 0.742. The van der Waals surface area contributed by atoms with Crippen molar-refractivity contribution in [2.45, 2.75) is 45.4 Å². The molecule has 0 bridgehead atoms. The number of hydrogen-bond acceptors (Lipinski definition) is 2. The van der Waals surface area contributed by atoms with Crippen molar-refractivity contribution in [1.29, 1.82) is 0 Å². The van der Waals surface area contributed by atoms with Crippen molar-refractivity contribution < 1.29 is 4.79 Å². The Morgan fingerprint density at radius 1 is 1.12 bits per heavy atom. The molecule has 0 heterocycles. The molecule has 0 aromatic rings. The minimum atomic E-state index is 0.170. The summed E-state index contributed by atoms with van der Waals surface area (Å²) >= 11 is 0. The molecule has 0 saturated heterocycles. The molecule has 1 amide bonds. The predicted molar refractivity (Wildman–Crippen MR) is 69.7 cm³/mol. The van der Waals surface area contributed by atoms with Crippen LogP contribution in [0, 0.1) is 17.8 Å². The molecule has 2 rings (SSSR count). The Bertz CT molecular complexity index is 251. The van der Waals surface area contributed by atoms with Crippen molar-refractivity contribution in [3.63, 3.8) is 0 Å². The molecule has 2 aliphatic carbocycles. The average molecular weight is 238 g/mol. The van der Waals surface area contributed by atoms with Gasteiger partial charge in [0, 0.05) is 6.54 Å². The Morgan fingerprint density at radius 3 is 2.59 bits per heavy atom. The van der Waals surface area contributed by atoms with Gasteiger partial charge in [0.2, 0.25) is 5.91 Å². The van der Waals surface area contributed by atoms with Gasteiger partial charge >= 0.3 is 0 Å². The summed E-state index contributed by atoms with van der Waals surface area (Å²) < 4.78 is 0. The maximum absolute atomic E-state index is 11.6. The van der Waals surface area contributed by atoms with Gasteiger partial charge in [0.15, 0.2) is 0 Å². The molecule has 2 unspecified atom stereocenters. The minimum Gasteiger partial charge on any atom is -0.355 e. The van der Waals surface area contributed by atoms with E-state index >= 15 is 0 Å². The summed E-state index contributed by atoms with van der Waals surface area (Å²) in [5.74, 6) is 2.50. The fourth-order valence-corrected chi connectivity index (χ4v) is 2.72. The molecular weight excluding hydrogens is 212 g/mol. The Balaban J connectivity index is 1.54. The summed E-state index contributed by atoms with van der Waals surface area (Å²) in [7, 11) is 0. The predicted octanol–water partition coefficient (Wildman–Crippen LogP) is 1.93. The number of rotatable bonds is 6. The third kappa shape index (κ3) is 4.66. The summed E-state index contributed by atoms with van der Waals surface area (Å²) in [6.07, 6.45) is 8.01. The molecule has 3 nitrogen and oxygen atoms in total. The zero-order chi connectivity index (χ0) is 12.1. The standard InChI is InChI=1S/C14H26N2O/c1-11-4-2-3-5-13(11)9-16-14(17)10-15-8-12-6-7-12/h11-13,15H,2-10H2,1H3,(H,16,17). The van der Waals surface area contributed by atoms with E-state index in [9.17, 15) is 4.79 Å². The third-order valence-corrected chi connectivity index (χ3v) is 4.27. The average Bonchev–Trinajstić information content (AvgIpc) is 3.12. The minimum absolute atomic E-state index is 0.170. The van der Waals surface area contributed by atoms with Crippen molar-refractivity contribution in [2.75, 3.05) is 19.6 Å². The van der Waals surface area contributed by atoms with Gasteiger partial charge in [0.05, 0.1) is 6.54 Å². The van der Waals surface area contributed by atoms with Crippen molar-refractivity contribution in [2.24, 2.45) is 17.8 Å². The van der Waals surface area contributed by atoms with Gasteiger partial charge in [0.25, 0.3) is 0 Å². The van der Waals surface area contributed by atoms with Crippen LogP contribution in [0.15, 0.2) is 0 Å². The molecule has 2 saturated carbocycles. The highest BCUT2D eigenvalue weighted by molar-refractivity contribution is 5.77. The third-order valence-electron chi connectivity index (χ3n) is 4.27. The maximum atomic E-state index is 11.6. The van der Waals surface area contributed by atoms with Gasteiger partial charge in [0.1, 0.15) is 0 Å². The number of hydrogen-bond donors (Lipinski definition) is 2. The molecule has 2 aliphatic rings. The molecule has 2 N–H and O–H groups in total. The monoisotopic (exact) mass is 238 g/mol. The van der Waals surface area contributed by atoms with Crippen LogP contribution in [0.25, 0.3) is 0 Å². The normalized spacial score (nSPS) is 29.0. The molecule has 2 atom stereocenters. The van der Waals surface area contributed by atoms with E-state index in [0.717, 1.165) is 24.9 Å². The van der Waals surface area contributed by atoms with Crippen molar-refractivity contribution in [1.82, 2.24) is 10.6 Å². The summed E-state index contributed by atoms with van der Waals surface area (Å²) in [6, 6.07) is 0. The highest BCUT2D eigenvalue weighted by atomic mass is 16.1. The second-order valence-electron chi connectivity index (χ2n) is 5.90. The van der Waals surface area contributed by atoms with Gasteiger partial charge in [-0.25, -0.2) is 0 Å². The van der Waals surface area contributed by atoms with Crippen LogP contribution in [0.1, 0.15) is 45.4 Å². The summed E-state index contributed by atoms with van der Waals surface area (Å²) in [4.78, 5) is 11.6. The van der Waals surface area contributed by atoms with Crippen LogP contribution in [-0.2, 0) is 4.79 Å². The van der Waals surface area contributed by atoms with Gasteiger partial charge in [-0.1, -0.05) is 26.2 Å². The van der Waals surface area contributed by atoms with Crippen molar-refractivity contribution >= 4 is 5.91 Å². The first-order valence-corrected chi connectivity index (χ1v) is 7.23. The highest BCUT2D eigenvalue weighted by Gasteiger charge is 2.22. The lowest BCUT2D eigenvalue weighted by atomic mass is 9.80. The van der Waals surface area contributed by atoms with Crippen LogP contribution in [-0.4, -0.2) is 25.5 Å². The van der Waals surface area contributed by atoms with E-state index in [0.29, 0.717) is 12.5 Å². The first-order valence-electron chi connectivity index (χ1n) is 7.23. The lowest BCUT2D eigenvalue weighted by molar-refractivity contribution is -0.120. The first kappa shape index (κ1) is 12.9.